The summed E-state index contributed by atoms with van der Waals surface area (Å²) >= 11 is 6.29. The van der Waals surface area contributed by atoms with E-state index in [1.165, 1.54) is 0 Å². The van der Waals surface area contributed by atoms with Crippen molar-refractivity contribution in [3.8, 4) is 23.0 Å². The van der Waals surface area contributed by atoms with E-state index in [1.807, 2.05) is 12.1 Å². The Balaban J connectivity index is 1.90. The van der Waals surface area contributed by atoms with E-state index in [-0.39, 0.29) is 18.1 Å². The molecule has 2 heterocycles. The standard InChI is InChI=1S/C22H25ClN2O5/c1-27-17-8-7-14(23)12-16(17)25-21(24-9-5-6-15(24)22(25)26)13-10-18(28-2)20(30-4)19(11-13)29-3/h7-8,10-12,15,21H,5-6,9H2,1-4H3. The molecule has 2 saturated heterocycles. The lowest BCUT2D eigenvalue weighted by molar-refractivity contribution is -0.119. The van der Waals surface area contributed by atoms with Crippen molar-refractivity contribution in [3.05, 3.63) is 40.9 Å². The van der Waals surface area contributed by atoms with Crippen LogP contribution in [0.25, 0.3) is 0 Å². The van der Waals surface area contributed by atoms with E-state index < -0.39 is 0 Å². The van der Waals surface area contributed by atoms with Crippen LogP contribution in [0.3, 0.4) is 0 Å². The minimum Gasteiger partial charge on any atom is -0.495 e. The van der Waals surface area contributed by atoms with E-state index in [1.54, 1.807) is 51.5 Å². The highest BCUT2D eigenvalue weighted by Crippen LogP contribution is 2.48. The summed E-state index contributed by atoms with van der Waals surface area (Å²) in [5.41, 5.74) is 1.51. The van der Waals surface area contributed by atoms with Crippen molar-refractivity contribution in [2.45, 2.75) is 25.0 Å². The number of methoxy groups -OCH3 is 4. The molecule has 2 aliphatic rings. The first kappa shape index (κ1) is 20.6. The van der Waals surface area contributed by atoms with E-state index in [0.717, 1.165) is 24.9 Å². The Kier molecular flexibility index (Phi) is 5.66. The summed E-state index contributed by atoms with van der Waals surface area (Å²) in [6, 6.07) is 8.90. The normalized spacial score (nSPS) is 21.0. The molecule has 30 heavy (non-hydrogen) atoms. The Bertz CT molecular complexity index is 942. The van der Waals surface area contributed by atoms with E-state index in [0.29, 0.717) is 33.7 Å². The zero-order valence-corrected chi connectivity index (χ0v) is 18.2. The van der Waals surface area contributed by atoms with Crippen molar-refractivity contribution in [1.29, 1.82) is 0 Å². The Hall–Kier alpha value is -2.64. The van der Waals surface area contributed by atoms with Gasteiger partial charge in [0.1, 0.15) is 11.9 Å². The van der Waals surface area contributed by atoms with Crippen LogP contribution in [-0.2, 0) is 4.79 Å². The molecule has 0 radical (unpaired) electrons. The van der Waals surface area contributed by atoms with Gasteiger partial charge in [-0.15, -0.1) is 0 Å². The highest BCUT2D eigenvalue weighted by Gasteiger charge is 2.50. The molecule has 7 nitrogen and oxygen atoms in total. The van der Waals surface area contributed by atoms with Gasteiger partial charge in [0.25, 0.3) is 0 Å². The second-order valence-electron chi connectivity index (χ2n) is 7.25. The van der Waals surface area contributed by atoms with Crippen LogP contribution in [-0.4, -0.2) is 51.8 Å². The number of hydrogen-bond donors (Lipinski definition) is 0. The summed E-state index contributed by atoms with van der Waals surface area (Å²) in [5, 5.41) is 0.536. The van der Waals surface area contributed by atoms with Crippen molar-refractivity contribution in [3.63, 3.8) is 0 Å². The Morgan fingerprint density at radius 2 is 1.60 bits per heavy atom. The van der Waals surface area contributed by atoms with Crippen molar-refractivity contribution in [2.75, 3.05) is 39.9 Å². The number of fused-ring (bicyclic) bond motifs is 1. The van der Waals surface area contributed by atoms with Crippen LogP contribution in [0.1, 0.15) is 24.6 Å². The number of amides is 1. The second kappa shape index (κ2) is 8.24. The largest absolute Gasteiger partial charge is 0.495 e. The fourth-order valence-electron chi connectivity index (χ4n) is 4.47. The molecule has 0 spiro atoms. The molecule has 4 rings (SSSR count). The molecule has 0 bridgehead atoms. The molecule has 160 valence electrons. The van der Waals surface area contributed by atoms with Gasteiger partial charge in [-0.1, -0.05) is 11.6 Å². The predicted octanol–water partition coefficient (Wildman–Crippen LogP) is 3.88. The molecule has 0 saturated carbocycles. The van der Waals surface area contributed by atoms with Crippen molar-refractivity contribution >= 4 is 23.2 Å². The lowest BCUT2D eigenvalue weighted by Crippen LogP contribution is -2.32. The van der Waals surface area contributed by atoms with Crippen molar-refractivity contribution in [2.24, 2.45) is 0 Å². The van der Waals surface area contributed by atoms with Crippen LogP contribution in [0, 0.1) is 0 Å². The van der Waals surface area contributed by atoms with Gasteiger partial charge < -0.3 is 18.9 Å². The molecule has 2 fully saturated rings. The first-order valence-corrected chi connectivity index (χ1v) is 10.1. The van der Waals surface area contributed by atoms with Gasteiger partial charge >= 0.3 is 0 Å². The number of hydrogen-bond acceptors (Lipinski definition) is 6. The Morgan fingerprint density at radius 3 is 2.20 bits per heavy atom. The number of rotatable bonds is 6. The highest BCUT2D eigenvalue weighted by atomic mass is 35.5. The maximum atomic E-state index is 13.5. The number of halogens is 1. The summed E-state index contributed by atoms with van der Waals surface area (Å²) in [7, 11) is 6.32. The lowest BCUT2D eigenvalue weighted by atomic mass is 10.1. The maximum Gasteiger partial charge on any atom is 0.246 e. The van der Waals surface area contributed by atoms with E-state index >= 15 is 0 Å². The van der Waals surface area contributed by atoms with Gasteiger partial charge in [-0.05, 0) is 48.7 Å². The minimum absolute atomic E-state index is 0.0341. The maximum absolute atomic E-state index is 13.5. The first-order chi connectivity index (χ1) is 14.5. The summed E-state index contributed by atoms with van der Waals surface area (Å²) in [4.78, 5) is 17.5. The highest BCUT2D eigenvalue weighted by molar-refractivity contribution is 6.31. The van der Waals surface area contributed by atoms with Crippen LogP contribution in [0.2, 0.25) is 5.02 Å². The second-order valence-corrected chi connectivity index (χ2v) is 7.69. The number of nitrogens with zero attached hydrogens (tertiary/aromatic N) is 2. The number of ether oxygens (including phenoxy) is 4. The summed E-state index contributed by atoms with van der Waals surface area (Å²) in [6.07, 6.45) is 1.45. The molecule has 2 aromatic rings. The number of carbonyl (C=O) groups is 1. The van der Waals surface area contributed by atoms with Gasteiger partial charge in [0.2, 0.25) is 11.7 Å². The summed E-state index contributed by atoms with van der Waals surface area (Å²) in [6.45, 7) is 0.817. The fourth-order valence-corrected chi connectivity index (χ4v) is 4.64. The average Bonchev–Trinajstić information content (AvgIpc) is 3.34. The molecule has 0 N–H and O–H groups in total. The molecule has 2 aromatic carbocycles. The number of carbonyl (C=O) groups excluding carboxylic acids is 1. The third-order valence-electron chi connectivity index (χ3n) is 5.76. The van der Waals surface area contributed by atoms with Gasteiger partial charge in [0.15, 0.2) is 11.5 Å². The molecule has 0 aromatic heterocycles. The van der Waals surface area contributed by atoms with Crippen LogP contribution in [0.4, 0.5) is 5.69 Å². The molecule has 0 aliphatic carbocycles. The minimum atomic E-state index is -0.342. The van der Waals surface area contributed by atoms with Crippen LogP contribution in [0.5, 0.6) is 23.0 Å². The van der Waals surface area contributed by atoms with Gasteiger partial charge in [0.05, 0.1) is 40.2 Å². The molecule has 2 aliphatic heterocycles. The van der Waals surface area contributed by atoms with Gasteiger partial charge in [-0.3, -0.25) is 14.6 Å². The first-order valence-electron chi connectivity index (χ1n) is 9.76. The lowest BCUT2D eigenvalue weighted by Gasteiger charge is -2.31. The van der Waals surface area contributed by atoms with Crippen molar-refractivity contribution in [1.82, 2.24) is 4.90 Å². The topological polar surface area (TPSA) is 60.5 Å². The number of anilines is 1. The predicted molar refractivity (Wildman–Crippen MR) is 114 cm³/mol. The van der Waals surface area contributed by atoms with Crippen LogP contribution < -0.4 is 23.8 Å². The molecule has 2 atom stereocenters. The quantitative estimate of drug-likeness (QED) is 0.690. The van der Waals surface area contributed by atoms with E-state index in [9.17, 15) is 4.79 Å². The third kappa shape index (κ3) is 3.22. The molecule has 1 amide bonds. The third-order valence-corrected chi connectivity index (χ3v) is 6.00. The Morgan fingerprint density at radius 1 is 0.933 bits per heavy atom. The zero-order valence-electron chi connectivity index (χ0n) is 17.5. The summed E-state index contributed by atoms with van der Waals surface area (Å²) < 4.78 is 22.1. The van der Waals surface area contributed by atoms with Crippen LogP contribution in [0.15, 0.2) is 30.3 Å². The van der Waals surface area contributed by atoms with Gasteiger partial charge in [-0.2, -0.15) is 0 Å². The van der Waals surface area contributed by atoms with Gasteiger partial charge in [0, 0.05) is 11.6 Å². The molecule has 8 heteroatoms. The zero-order chi connectivity index (χ0) is 21.4. The Labute approximate surface area is 181 Å². The van der Waals surface area contributed by atoms with Crippen LogP contribution >= 0.6 is 11.6 Å². The molecular weight excluding hydrogens is 408 g/mol. The average molecular weight is 433 g/mol. The summed E-state index contributed by atoms with van der Waals surface area (Å²) in [5.74, 6) is 2.22. The molecular formula is C22H25ClN2O5. The number of benzene rings is 2. The SMILES string of the molecule is COc1ccc(Cl)cc1N1C(=O)C2CCCN2C1c1cc(OC)c(OC)c(OC)c1. The van der Waals surface area contributed by atoms with Gasteiger partial charge in [-0.25, -0.2) is 0 Å². The van der Waals surface area contributed by atoms with E-state index in [2.05, 4.69) is 4.90 Å². The molecule has 2 unspecified atom stereocenters. The van der Waals surface area contributed by atoms with E-state index in [4.69, 9.17) is 30.5 Å². The monoisotopic (exact) mass is 432 g/mol. The fraction of sp³-hybridized carbons (Fsp3) is 0.409. The van der Waals surface area contributed by atoms with Crippen molar-refractivity contribution < 1.29 is 23.7 Å². The smallest absolute Gasteiger partial charge is 0.246 e.